The summed E-state index contributed by atoms with van der Waals surface area (Å²) in [5.74, 6) is -0.938. The Morgan fingerprint density at radius 3 is 2.82 bits per heavy atom. The molecule has 1 N–H and O–H groups in total. The van der Waals surface area contributed by atoms with Gasteiger partial charge in [-0.3, -0.25) is 9.59 Å². The summed E-state index contributed by atoms with van der Waals surface area (Å²) in [4.78, 5) is 26.3. The number of hydrogen-bond acceptors (Lipinski definition) is 4. The third-order valence-electron chi connectivity index (χ3n) is 3.77. The van der Waals surface area contributed by atoms with Gasteiger partial charge in [-0.25, -0.2) is 0 Å². The number of amides is 1. The summed E-state index contributed by atoms with van der Waals surface area (Å²) in [6.45, 7) is 2.92. The molecule has 2 rings (SSSR count). The zero-order valence-electron chi connectivity index (χ0n) is 12.8. The van der Waals surface area contributed by atoms with Crippen LogP contribution in [0.3, 0.4) is 0 Å². The second kappa shape index (κ2) is 7.65. The summed E-state index contributed by atoms with van der Waals surface area (Å²) < 4.78 is 5.36. The standard InChI is InChI=1S/C16H21NO4S/c1-11(16(19)20)22-14-8-4-3-7-13(14)15(18)17-9-5-6-12(10-17)21-2/h3-4,7-8,11-12H,5-6,9-10H2,1-2H3,(H,19,20). The molecule has 1 saturated heterocycles. The molecule has 1 heterocycles. The highest BCUT2D eigenvalue weighted by Gasteiger charge is 2.26. The number of benzene rings is 1. The van der Waals surface area contributed by atoms with Crippen molar-refractivity contribution in [3.05, 3.63) is 29.8 Å². The minimum Gasteiger partial charge on any atom is -0.480 e. The predicted octanol–water partition coefficient (Wildman–Crippen LogP) is 2.50. The fraction of sp³-hybridized carbons (Fsp3) is 0.500. The van der Waals surface area contributed by atoms with Crippen molar-refractivity contribution in [2.75, 3.05) is 20.2 Å². The summed E-state index contributed by atoms with van der Waals surface area (Å²) in [6, 6.07) is 7.19. The molecule has 5 nitrogen and oxygen atoms in total. The number of thioether (sulfide) groups is 1. The Kier molecular flexibility index (Phi) is 5.85. The second-order valence-electron chi connectivity index (χ2n) is 5.35. The van der Waals surface area contributed by atoms with Crippen molar-refractivity contribution in [3.63, 3.8) is 0 Å². The van der Waals surface area contributed by atoms with E-state index < -0.39 is 11.2 Å². The van der Waals surface area contributed by atoms with Crippen LogP contribution in [0.15, 0.2) is 29.2 Å². The molecule has 1 aliphatic heterocycles. The molecule has 1 aromatic carbocycles. The summed E-state index contributed by atoms with van der Waals surface area (Å²) in [5.41, 5.74) is 0.567. The second-order valence-corrected chi connectivity index (χ2v) is 6.73. The Balaban J connectivity index is 2.17. The third kappa shape index (κ3) is 4.01. The fourth-order valence-corrected chi connectivity index (χ4v) is 3.39. The Hall–Kier alpha value is -1.53. The van der Waals surface area contributed by atoms with E-state index >= 15 is 0 Å². The van der Waals surface area contributed by atoms with Crippen LogP contribution < -0.4 is 0 Å². The summed E-state index contributed by atoms with van der Waals surface area (Å²) in [7, 11) is 1.66. The highest BCUT2D eigenvalue weighted by Crippen LogP contribution is 2.28. The molecule has 0 saturated carbocycles. The van der Waals surface area contributed by atoms with Gasteiger partial charge in [0.25, 0.3) is 5.91 Å². The number of likely N-dealkylation sites (tertiary alicyclic amines) is 1. The Bertz CT molecular complexity index is 549. The van der Waals surface area contributed by atoms with Crippen LogP contribution in [0.2, 0.25) is 0 Å². The largest absolute Gasteiger partial charge is 0.480 e. The van der Waals surface area contributed by atoms with Crippen molar-refractivity contribution < 1.29 is 19.4 Å². The Morgan fingerprint density at radius 2 is 2.14 bits per heavy atom. The number of rotatable bonds is 5. The lowest BCUT2D eigenvalue weighted by molar-refractivity contribution is -0.136. The highest BCUT2D eigenvalue weighted by atomic mass is 32.2. The van der Waals surface area contributed by atoms with Crippen LogP contribution in [0.25, 0.3) is 0 Å². The molecule has 2 atom stereocenters. The van der Waals surface area contributed by atoms with Crippen LogP contribution in [-0.2, 0) is 9.53 Å². The molecule has 120 valence electrons. The van der Waals surface area contributed by atoms with E-state index in [1.165, 1.54) is 11.8 Å². The number of hydrogen-bond donors (Lipinski definition) is 1. The minimum absolute atomic E-state index is 0.0533. The van der Waals surface area contributed by atoms with E-state index in [4.69, 9.17) is 9.84 Å². The number of carboxylic acids is 1. The van der Waals surface area contributed by atoms with E-state index in [1.54, 1.807) is 37.1 Å². The van der Waals surface area contributed by atoms with E-state index in [0.29, 0.717) is 23.5 Å². The number of carboxylic acid groups (broad SMARTS) is 1. The molecule has 0 aromatic heterocycles. The van der Waals surface area contributed by atoms with Gasteiger partial charge < -0.3 is 14.7 Å². The predicted molar refractivity (Wildman–Crippen MR) is 85.3 cm³/mol. The number of piperidine rings is 1. The molecule has 1 amide bonds. The molecule has 0 bridgehead atoms. The molecule has 1 aromatic rings. The molecule has 22 heavy (non-hydrogen) atoms. The van der Waals surface area contributed by atoms with Gasteiger partial charge in [0.05, 0.1) is 11.7 Å². The maximum absolute atomic E-state index is 12.7. The van der Waals surface area contributed by atoms with Gasteiger partial charge >= 0.3 is 5.97 Å². The first-order chi connectivity index (χ1) is 10.5. The summed E-state index contributed by atoms with van der Waals surface area (Å²) in [5, 5.41) is 8.46. The van der Waals surface area contributed by atoms with E-state index in [-0.39, 0.29) is 12.0 Å². The average Bonchev–Trinajstić information content (AvgIpc) is 2.54. The van der Waals surface area contributed by atoms with Gasteiger partial charge in [0.15, 0.2) is 0 Å². The van der Waals surface area contributed by atoms with Crippen LogP contribution >= 0.6 is 11.8 Å². The number of ether oxygens (including phenoxy) is 1. The van der Waals surface area contributed by atoms with Crippen molar-refractivity contribution in [1.82, 2.24) is 4.90 Å². The monoisotopic (exact) mass is 323 g/mol. The first-order valence-corrected chi connectivity index (χ1v) is 8.21. The van der Waals surface area contributed by atoms with Gasteiger partial charge in [0, 0.05) is 25.1 Å². The quantitative estimate of drug-likeness (QED) is 0.843. The van der Waals surface area contributed by atoms with Crippen LogP contribution in [0, 0.1) is 0 Å². The molecular weight excluding hydrogens is 302 g/mol. The van der Waals surface area contributed by atoms with Gasteiger partial charge in [0.1, 0.15) is 5.25 Å². The number of methoxy groups -OCH3 is 1. The van der Waals surface area contributed by atoms with Gasteiger partial charge in [-0.1, -0.05) is 12.1 Å². The van der Waals surface area contributed by atoms with Crippen molar-refractivity contribution in [3.8, 4) is 0 Å². The fourth-order valence-electron chi connectivity index (χ4n) is 2.47. The van der Waals surface area contributed by atoms with Crippen LogP contribution in [-0.4, -0.2) is 53.4 Å². The maximum atomic E-state index is 12.7. The summed E-state index contributed by atoms with van der Waals surface area (Å²) in [6.07, 6.45) is 1.97. The molecule has 1 aliphatic rings. The smallest absolute Gasteiger partial charge is 0.316 e. The van der Waals surface area contributed by atoms with E-state index in [9.17, 15) is 9.59 Å². The van der Waals surface area contributed by atoms with Gasteiger partial charge in [-0.2, -0.15) is 0 Å². The SMILES string of the molecule is COC1CCCN(C(=O)c2ccccc2SC(C)C(=O)O)C1. The molecule has 1 fully saturated rings. The van der Waals surface area contributed by atoms with Gasteiger partial charge in [-0.05, 0) is 31.9 Å². The van der Waals surface area contributed by atoms with Crippen LogP contribution in [0.5, 0.6) is 0 Å². The van der Waals surface area contributed by atoms with Crippen LogP contribution in [0.1, 0.15) is 30.1 Å². The van der Waals surface area contributed by atoms with Gasteiger partial charge in [-0.15, -0.1) is 11.8 Å². The molecular formula is C16H21NO4S. The van der Waals surface area contributed by atoms with E-state index in [0.717, 1.165) is 12.8 Å². The third-order valence-corrected chi connectivity index (χ3v) is 4.93. The van der Waals surface area contributed by atoms with Crippen molar-refractivity contribution in [2.24, 2.45) is 0 Å². The zero-order chi connectivity index (χ0) is 16.1. The molecule has 2 unspecified atom stereocenters. The lowest BCUT2D eigenvalue weighted by Crippen LogP contribution is -2.43. The minimum atomic E-state index is -0.885. The van der Waals surface area contributed by atoms with Crippen molar-refractivity contribution in [2.45, 2.75) is 36.0 Å². The summed E-state index contributed by atoms with van der Waals surface area (Å²) >= 11 is 1.20. The number of carbonyl (C=O) groups excluding carboxylic acids is 1. The number of carbonyl (C=O) groups is 2. The normalized spacial score (nSPS) is 19.7. The Morgan fingerprint density at radius 1 is 1.41 bits per heavy atom. The van der Waals surface area contributed by atoms with E-state index in [1.807, 2.05) is 6.07 Å². The zero-order valence-corrected chi connectivity index (χ0v) is 13.6. The van der Waals surface area contributed by atoms with Crippen LogP contribution in [0.4, 0.5) is 0 Å². The maximum Gasteiger partial charge on any atom is 0.316 e. The number of aliphatic carboxylic acids is 1. The lowest BCUT2D eigenvalue weighted by Gasteiger charge is -2.32. The Labute approximate surface area is 134 Å². The highest BCUT2D eigenvalue weighted by molar-refractivity contribution is 8.00. The van der Waals surface area contributed by atoms with E-state index in [2.05, 4.69) is 0 Å². The first-order valence-electron chi connectivity index (χ1n) is 7.33. The topological polar surface area (TPSA) is 66.8 Å². The molecule has 6 heteroatoms. The van der Waals surface area contributed by atoms with Crippen molar-refractivity contribution in [1.29, 1.82) is 0 Å². The van der Waals surface area contributed by atoms with Crippen molar-refractivity contribution >= 4 is 23.6 Å². The number of nitrogens with zero attached hydrogens (tertiary/aromatic N) is 1. The van der Waals surface area contributed by atoms with Gasteiger partial charge in [0.2, 0.25) is 0 Å². The average molecular weight is 323 g/mol. The molecule has 0 aliphatic carbocycles. The molecule has 0 radical (unpaired) electrons. The lowest BCUT2D eigenvalue weighted by atomic mass is 10.1. The molecule has 0 spiro atoms. The first kappa shape index (κ1) is 16.8.